The van der Waals surface area contributed by atoms with Crippen LogP contribution in [0, 0.1) is 12.8 Å². The Morgan fingerprint density at radius 2 is 1.74 bits per heavy atom. The predicted molar refractivity (Wildman–Crippen MR) is 122 cm³/mol. The molecule has 1 saturated carbocycles. The maximum atomic E-state index is 4.93. The van der Waals surface area contributed by atoms with Crippen LogP contribution in [0.1, 0.15) is 68.6 Å². The summed E-state index contributed by atoms with van der Waals surface area (Å²) in [5.74, 6) is 8.88. The molecule has 1 fully saturated rings. The third kappa shape index (κ3) is 5.05. The Hall–Kier alpha value is -1.09. The van der Waals surface area contributed by atoms with E-state index in [1.165, 1.54) is 43.2 Å². The molecule has 1 aromatic heterocycles. The molecule has 3 rings (SSSR count). The minimum absolute atomic E-state index is 0.679. The molecule has 0 atom stereocenters. The first kappa shape index (κ1) is 20.6. The van der Waals surface area contributed by atoms with E-state index in [4.69, 9.17) is 4.98 Å². The fourth-order valence-corrected chi connectivity index (χ4v) is 7.93. The van der Waals surface area contributed by atoms with Crippen molar-refractivity contribution in [3.63, 3.8) is 0 Å². The van der Waals surface area contributed by atoms with Gasteiger partial charge in [0.2, 0.25) is 0 Å². The van der Waals surface area contributed by atoms with Gasteiger partial charge in [-0.25, -0.2) is 0 Å². The topological polar surface area (TPSA) is 12.9 Å². The Morgan fingerprint density at radius 3 is 2.33 bits per heavy atom. The van der Waals surface area contributed by atoms with Crippen molar-refractivity contribution in [2.75, 3.05) is 0 Å². The van der Waals surface area contributed by atoms with Crippen LogP contribution in [0.5, 0.6) is 0 Å². The van der Waals surface area contributed by atoms with Crippen molar-refractivity contribution in [2.24, 2.45) is 5.92 Å². The fourth-order valence-electron chi connectivity index (χ4n) is 4.59. The zero-order chi connectivity index (χ0) is 19.6. The summed E-state index contributed by atoms with van der Waals surface area (Å²) in [5.41, 5.74) is 6.94. The van der Waals surface area contributed by atoms with E-state index >= 15 is 0 Å². The number of hydrogen-bond donors (Lipinski definition) is 0. The van der Waals surface area contributed by atoms with Gasteiger partial charge >= 0.3 is 169 Å². The van der Waals surface area contributed by atoms with Crippen LogP contribution in [0.15, 0.2) is 30.5 Å². The van der Waals surface area contributed by atoms with Crippen molar-refractivity contribution >= 4 is 17.7 Å². The first-order chi connectivity index (χ1) is 12.8. The summed E-state index contributed by atoms with van der Waals surface area (Å²) in [7, 11) is 0. The predicted octanol–water partition coefficient (Wildman–Crippen LogP) is 6.85. The van der Waals surface area contributed by atoms with Crippen LogP contribution >= 0.6 is 0 Å². The van der Waals surface area contributed by atoms with E-state index < -0.39 is 13.3 Å². The quantitative estimate of drug-likeness (QED) is 0.479. The van der Waals surface area contributed by atoms with Crippen LogP contribution in [0.4, 0.5) is 0 Å². The summed E-state index contributed by atoms with van der Waals surface area (Å²) in [6.45, 7) is 6.91. The summed E-state index contributed by atoms with van der Waals surface area (Å²) in [6.07, 6.45) is 10.3. The molecule has 0 bridgehead atoms. The van der Waals surface area contributed by atoms with E-state index in [0.29, 0.717) is 5.92 Å². The Morgan fingerprint density at radius 1 is 1.04 bits per heavy atom. The van der Waals surface area contributed by atoms with Gasteiger partial charge in [0.25, 0.3) is 0 Å². The number of pyridine rings is 1. The van der Waals surface area contributed by atoms with Gasteiger partial charge in [-0.05, 0) is 0 Å². The molecule has 27 heavy (non-hydrogen) atoms. The molecule has 1 heterocycles. The van der Waals surface area contributed by atoms with E-state index in [-0.39, 0.29) is 0 Å². The molecular formula is C25H37GeN. The average Bonchev–Trinajstić information content (AvgIpc) is 2.61. The van der Waals surface area contributed by atoms with Crippen LogP contribution in [0.3, 0.4) is 0 Å². The number of aryl methyl sites for hydroxylation is 1. The summed E-state index contributed by atoms with van der Waals surface area (Å²) in [5, 5.41) is 0. The molecule has 1 aliphatic carbocycles. The van der Waals surface area contributed by atoms with Gasteiger partial charge < -0.3 is 0 Å². The Labute approximate surface area is 169 Å². The van der Waals surface area contributed by atoms with Crippen molar-refractivity contribution in [3.8, 4) is 11.3 Å². The molecule has 0 radical (unpaired) electrons. The molecule has 1 aliphatic rings. The first-order valence-corrected chi connectivity index (χ1v) is 18.2. The second-order valence-corrected chi connectivity index (χ2v) is 20.6. The van der Waals surface area contributed by atoms with Gasteiger partial charge in [-0.15, -0.1) is 0 Å². The van der Waals surface area contributed by atoms with Crippen LogP contribution in [0.2, 0.25) is 17.3 Å². The Kier molecular flexibility index (Phi) is 6.51. The summed E-state index contributed by atoms with van der Waals surface area (Å²) in [6, 6.07) is 9.54. The third-order valence-electron chi connectivity index (χ3n) is 6.03. The molecule has 0 aliphatic heterocycles. The molecule has 0 unspecified atom stereocenters. The molecule has 0 amide bonds. The van der Waals surface area contributed by atoms with Crippen molar-refractivity contribution in [3.05, 3.63) is 47.2 Å². The zero-order valence-corrected chi connectivity index (χ0v) is 20.3. The van der Waals surface area contributed by atoms with Crippen LogP contribution in [-0.2, 0) is 6.42 Å². The monoisotopic (exact) mass is 425 g/mol. The number of hydrogen-bond acceptors (Lipinski definition) is 1. The second kappa shape index (κ2) is 8.51. The van der Waals surface area contributed by atoms with E-state index in [2.05, 4.69) is 68.5 Å². The van der Waals surface area contributed by atoms with Gasteiger partial charge in [0.05, 0.1) is 0 Å². The molecule has 146 valence electrons. The number of benzene rings is 1. The van der Waals surface area contributed by atoms with Gasteiger partial charge in [-0.2, -0.15) is 0 Å². The standard InChI is InChI=1S/C25H37GeN/c1-18(2)14-22-16-25(27-17-24(22)26(4,5)6)23-13-12-21(15-19(23)3)20-10-8-7-9-11-20/h12-13,15-18,20H,7-11,14H2,1-6H3. The molecule has 0 N–H and O–H groups in total. The second-order valence-electron chi connectivity index (χ2n) is 9.98. The van der Waals surface area contributed by atoms with Gasteiger partial charge in [-0.1, -0.05) is 0 Å². The average molecular weight is 424 g/mol. The first-order valence-electron chi connectivity index (χ1n) is 10.9. The molecule has 1 aromatic carbocycles. The van der Waals surface area contributed by atoms with Crippen molar-refractivity contribution in [1.82, 2.24) is 4.98 Å². The van der Waals surface area contributed by atoms with Crippen molar-refractivity contribution in [1.29, 1.82) is 0 Å². The number of rotatable bonds is 5. The van der Waals surface area contributed by atoms with Crippen LogP contribution in [0.25, 0.3) is 11.3 Å². The van der Waals surface area contributed by atoms with Crippen molar-refractivity contribution < 1.29 is 0 Å². The molecule has 1 nitrogen and oxygen atoms in total. The van der Waals surface area contributed by atoms with Crippen molar-refractivity contribution in [2.45, 2.75) is 82.5 Å². The molecule has 0 spiro atoms. The molecular weight excluding hydrogens is 387 g/mol. The minimum atomic E-state index is -1.91. The van der Waals surface area contributed by atoms with Crippen LogP contribution < -0.4 is 4.40 Å². The third-order valence-corrected chi connectivity index (χ3v) is 10.4. The van der Waals surface area contributed by atoms with E-state index in [1.54, 1.807) is 15.5 Å². The maximum absolute atomic E-state index is 4.93. The fraction of sp³-hybridized carbons (Fsp3) is 0.560. The normalized spacial score (nSPS) is 16.1. The van der Waals surface area contributed by atoms with E-state index in [0.717, 1.165) is 18.0 Å². The SMILES string of the molecule is Cc1cc(C2CCCCC2)ccc1-c1cc(CC(C)C)[c]([Ge]([CH3])([CH3])[CH3])cn1. The molecule has 0 saturated heterocycles. The molecule has 2 heteroatoms. The summed E-state index contributed by atoms with van der Waals surface area (Å²) < 4.78 is 1.57. The molecule has 2 aromatic rings. The van der Waals surface area contributed by atoms with Gasteiger partial charge in [0.15, 0.2) is 0 Å². The van der Waals surface area contributed by atoms with Gasteiger partial charge in [0, 0.05) is 0 Å². The summed E-state index contributed by atoms with van der Waals surface area (Å²) >= 11 is -1.91. The zero-order valence-electron chi connectivity index (χ0n) is 18.2. The van der Waals surface area contributed by atoms with E-state index in [1.807, 2.05) is 0 Å². The van der Waals surface area contributed by atoms with E-state index in [9.17, 15) is 0 Å². The number of aromatic nitrogens is 1. The number of nitrogens with zero attached hydrogens (tertiary/aromatic N) is 1. The van der Waals surface area contributed by atoms with Crippen LogP contribution in [-0.4, -0.2) is 18.3 Å². The van der Waals surface area contributed by atoms with Gasteiger partial charge in [-0.3, -0.25) is 0 Å². The summed E-state index contributed by atoms with van der Waals surface area (Å²) in [4.78, 5) is 4.93. The Bertz CT molecular complexity index is 779. The Balaban J connectivity index is 1.95. The van der Waals surface area contributed by atoms with Gasteiger partial charge in [0.1, 0.15) is 0 Å².